The molecule has 0 heterocycles. The van der Waals surface area contributed by atoms with Crippen LogP contribution in [0.15, 0.2) is 28.7 Å². The van der Waals surface area contributed by atoms with E-state index in [1.807, 2.05) is 12.1 Å². The standard InChI is InChI=1S/C12H15BrOS/c13-11-3-1-2-10(6-11)7-14-8-12(9-15)4-5-12/h1-3,6,15H,4-5,7-9H2. The third-order valence-electron chi connectivity index (χ3n) is 2.86. The predicted octanol–water partition coefficient (Wildman–Crippen LogP) is 3.68. The van der Waals surface area contributed by atoms with E-state index in [9.17, 15) is 0 Å². The van der Waals surface area contributed by atoms with Crippen molar-refractivity contribution in [2.24, 2.45) is 5.41 Å². The van der Waals surface area contributed by atoms with E-state index < -0.39 is 0 Å². The van der Waals surface area contributed by atoms with Crippen LogP contribution in [0, 0.1) is 5.41 Å². The highest BCUT2D eigenvalue weighted by molar-refractivity contribution is 9.10. The molecule has 3 heteroatoms. The smallest absolute Gasteiger partial charge is 0.0717 e. The Hall–Kier alpha value is 0.01000. The molecule has 0 radical (unpaired) electrons. The fourth-order valence-electron chi connectivity index (χ4n) is 1.54. The summed E-state index contributed by atoms with van der Waals surface area (Å²) in [5.41, 5.74) is 1.62. The molecular formula is C12H15BrOS. The maximum atomic E-state index is 5.72. The summed E-state index contributed by atoms with van der Waals surface area (Å²) in [7, 11) is 0. The Morgan fingerprint density at radius 2 is 2.20 bits per heavy atom. The SMILES string of the molecule is SCC1(COCc2cccc(Br)c2)CC1. The topological polar surface area (TPSA) is 9.23 Å². The molecule has 1 aliphatic rings. The van der Waals surface area contributed by atoms with E-state index in [1.54, 1.807) is 0 Å². The fourth-order valence-corrected chi connectivity index (χ4v) is 2.39. The number of ether oxygens (including phenoxy) is 1. The molecule has 82 valence electrons. The Labute approximate surface area is 105 Å². The van der Waals surface area contributed by atoms with Gasteiger partial charge in [0.1, 0.15) is 0 Å². The molecule has 0 spiro atoms. The van der Waals surface area contributed by atoms with Crippen LogP contribution in [0.2, 0.25) is 0 Å². The highest BCUT2D eigenvalue weighted by Gasteiger charge is 2.41. The van der Waals surface area contributed by atoms with Crippen molar-refractivity contribution in [2.75, 3.05) is 12.4 Å². The van der Waals surface area contributed by atoms with Crippen molar-refractivity contribution < 1.29 is 4.74 Å². The lowest BCUT2D eigenvalue weighted by molar-refractivity contribution is 0.0857. The molecule has 0 bridgehead atoms. The summed E-state index contributed by atoms with van der Waals surface area (Å²) in [5, 5.41) is 0. The summed E-state index contributed by atoms with van der Waals surface area (Å²) in [5.74, 6) is 0.950. The van der Waals surface area contributed by atoms with Crippen molar-refractivity contribution in [1.29, 1.82) is 0 Å². The van der Waals surface area contributed by atoms with Crippen LogP contribution in [-0.4, -0.2) is 12.4 Å². The molecule has 0 amide bonds. The van der Waals surface area contributed by atoms with Crippen molar-refractivity contribution >= 4 is 28.6 Å². The second-order valence-corrected chi connectivity index (χ2v) is 5.51. The molecule has 1 aliphatic carbocycles. The van der Waals surface area contributed by atoms with Crippen LogP contribution in [0.5, 0.6) is 0 Å². The first-order chi connectivity index (χ1) is 7.24. The highest BCUT2D eigenvalue weighted by Crippen LogP contribution is 2.46. The predicted molar refractivity (Wildman–Crippen MR) is 69.3 cm³/mol. The zero-order valence-electron chi connectivity index (χ0n) is 8.58. The van der Waals surface area contributed by atoms with Crippen molar-refractivity contribution in [1.82, 2.24) is 0 Å². The van der Waals surface area contributed by atoms with Gasteiger partial charge in [0.15, 0.2) is 0 Å². The summed E-state index contributed by atoms with van der Waals surface area (Å²) in [6.45, 7) is 1.55. The van der Waals surface area contributed by atoms with Crippen LogP contribution in [0.3, 0.4) is 0 Å². The number of benzene rings is 1. The van der Waals surface area contributed by atoms with Gasteiger partial charge in [-0.05, 0) is 36.3 Å². The molecule has 0 aromatic heterocycles. The first kappa shape index (κ1) is 11.5. The molecule has 15 heavy (non-hydrogen) atoms. The maximum Gasteiger partial charge on any atom is 0.0717 e. The van der Waals surface area contributed by atoms with Crippen LogP contribution >= 0.6 is 28.6 Å². The van der Waals surface area contributed by atoms with Crippen molar-refractivity contribution in [3.8, 4) is 0 Å². The van der Waals surface area contributed by atoms with E-state index in [1.165, 1.54) is 18.4 Å². The first-order valence-electron chi connectivity index (χ1n) is 5.17. The minimum atomic E-state index is 0.398. The molecule has 0 N–H and O–H groups in total. The van der Waals surface area contributed by atoms with Crippen LogP contribution in [0.1, 0.15) is 18.4 Å². The van der Waals surface area contributed by atoms with E-state index >= 15 is 0 Å². The molecule has 0 saturated heterocycles. The van der Waals surface area contributed by atoms with Gasteiger partial charge in [-0.3, -0.25) is 0 Å². The van der Waals surface area contributed by atoms with Gasteiger partial charge >= 0.3 is 0 Å². The molecule has 0 atom stereocenters. The lowest BCUT2D eigenvalue weighted by Crippen LogP contribution is -2.12. The van der Waals surface area contributed by atoms with E-state index in [4.69, 9.17) is 4.74 Å². The minimum Gasteiger partial charge on any atom is -0.376 e. The van der Waals surface area contributed by atoms with E-state index in [0.29, 0.717) is 12.0 Å². The number of halogens is 1. The Bertz CT molecular complexity index is 336. The Morgan fingerprint density at radius 3 is 2.80 bits per heavy atom. The molecule has 1 saturated carbocycles. The van der Waals surface area contributed by atoms with E-state index in [2.05, 4.69) is 40.7 Å². The summed E-state index contributed by atoms with van der Waals surface area (Å²) in [4.78, 5) is 0. The van der Waals surface area contributed by atoms with Crippen molar-refractivity contribution in [3.63, 3.8) is 0 Å². The average Bonchev–Trinajstić information content (AvgIpc) is 2.99. The molecule has 1 fully saturated rings. The summed E-state index contributed by atoms with van der Waals surface area (Å²) < 4.78 is 6.83. The van der Waals surface area contributed by atoms with Gasteiger partial charge in [0.25, 0.3) is 0 Å². The third-order valence-corrected chi connectivity index (χ3v) is 4.02. The van der Waals surface area contributed by atoms with Gasteiger partial charge < -0.3 is 4.74 Å². The van der Waals surface area contributed by atoms with E-state index in [-0.39, 0.29) is 0 Å². The number of hydrogen-bond donors (Lipinski definition) is 1. The third kappa shape index (κ3) is 3.23. The Kier molecular flexibility index (Phi) is 3.75. The van der Waals surface area contributed by atoms with Crippen molar-refractivity contribution in [3.05, 3.63) is 34.3 Å². The second kappa shape index (κ2) is 4.89. The van der Waals surface area contributed by atoms with Crippen LogP contribution in [0.25, 0.3) is 0 Å². The Balaban J connectivity index is 1.78. The first-order valence-corrected chi connectivity index (χ1v) is 6.60. The van der Waals surface area contributed by atoms with Gasteiger partial charge in [-0.25, -0.2) is 0 Å². The normalized spacial score (nSPS) is 17.7. The number of thiol groups is 1. The van der Waals surface area contributed by atoms with Gasteiger partial charge in [0.2, 0.25) is 0 Å². The molecule has 1 nitrogen and oxygen atoms in total. The average molecular weight is 287 g/mol. The zero-order chi connectivity index (χ0) is 10.7. The number of rotatable bonds is 5. The van der Waals surface area contributed by atoms with E-state index in [0.717, 1.165) is 16.8 Å². The van der Waals surface area contributed by atoms with Gasteiger partial charge in [0, 0.05) is 9.89 Å². The van der Waals surface area contributed by atoms with Gasteiger partial charge in [-0.15, -0.1) is 0 Å². The summed E-state index contributed by atoms with van der Waals surface area (Å²) >= 11 is 7.80. The van der Waals surface area contributed by atoms with Crippen LogP contribution in [0.4, 0.5) is 0 Å². The monoisotopic (exact) mass is 286 g/mol. The molecular weight excluding hydrogens is 272 g/mol. The van der Waals surface area contributed by atoms with Crippen molar-refractivity contribution in [2.45, 2.75) is 19.4 Å². The number of hydrogen-bond acceptors (Lipinski definition) is 2. The molecule has 0 unspecified atom stereocenters. The quantitative estimate of drug-likeness (QED) is 0.813. The van der Waals surface area contributed by atoms with Gasteiger partial charge in [0.05, 0.1) is 13.2 Å². The minimum absolute atomic E-state index is 0.398. The fraction of sp³-hybridized carbons (Fsp3) is 0.500. The van der Waals surface area contributed by atoms with Gasteiger partial charge in [-0.2, -0.15) is 12.6 Å². The highest BCUT2D eigenvalue weighted by atomic mass is 79.9. The van der Waals surface area contributed by atoms with Crippen LogP contribution in [-0.2, 0) is 11.3 Å². The second-order valence-electron chi connectivity index (χ2n) is 4.28. The maximum absolute atomic E-state index is 5.72. The zero-order valence-corrected chi connectivity index (χ0v) is 11.1. The summed E-state index contributed by atoms with van der Waals surface area (Å²) in [6, 6.07) is 8.25. The largest absolute Gasteiger partial charge is 0.376 e. The van der Waals surface area contributed by atoms with Gasteiger partial charge in [-0.1, -0.05) is 28.1 Å². The molecule has 0 aliphatic heterocycles. The molecule has 1 aromatic carbocycles. The van der Waals surface area contributed by atoms with Crippen LogP contribution < -0.4 is 0 Å². The lowest BCUT2D eigenvalue weighted by atomic mass is 10.1. The lowest BCUT2D eigenvalue weighted by Gasteiger charge is -2.12. The molecule has 2 rings (SSSR count). The summed E-state index contributed by atoms with van der Waals surface area (Å²) in [6.07, 6.45) is 2.55. The molecule has 1 aromatic rings. The Morgan fingerprint density at radius 1 is 1.40 bits per heavy atom.